The molecular weight excluding hydrogens is 209 g/mol. The molecule has 2 unspecified atom stereocenters. The lowest BCUT2D eigenvalue weighted by Gasteiger charge is -2.25. The Morgan fingerprint density at radius 1 is 1.07 bits per heavy atom. The van der Waals surface area contributed by atoms with Crippen LogP contribution in [0.4, 0.5) is 13.2 Å². The van der Waals surface area contributed by atoms with Crippen LogP contribution in [0.5, 0.6) is 0 Å². The minimum atomic E-state index is -4.27. The molecule has 0 amide bonds. The van der Waals surface area contributed by atoms with Crippen LogP contribution < -0.4 is 0 Å². The molecule has 0 aromatic heterocycles. The summed E-state index contributed by atoms with van der Waals surface area (Å²) in [6.45, 7) is 3.68. The molecule has 0 heterocycles. The second-order valence-corrected chi connectivity index (χ2v) is 3.79. The van der Waals surface area contributed by atoms with Crippen molar-refractivity contribution < 1.29 is 23.4 Å². The molecule has 5 heteroatoms. The summed E-state index contributed by atoms with van der Waals surface area (Å²) in [5.41, 5.74) is 0. The number of aliphatic hydroxyl groups excluding tert-OH is 2. The molecule has 0 bridgehead atoms. The van der Waals surface area contributed by atoms with E-state index < -0.39 is 31.2 Å². The van der Waals surface area contributed by atoms with Gasteiger partial charge in [0.05, 0.1) is 12.2 Å². The van der Waals surface area contributed by atoms with Crippen molar-refractivity contribution in [2.75, 3.05) is 0 Å². The molecule has 0 aliphatic rings. The number of hydrogen-bond acceptors (Lipinski definition) is 2. The summed E-state index contributed by atoms with van der Waals surface area (Å²) in [5.74, 6) is -0.131. The molecule has 15 heavy (non-hydrogen) atoms. The van der Waals surface area contributed by atoms with Crippen LogP contribution in [-0.2, 0) is 0 Å². The molecule has 0 saturated carbocycles. The third-order valence-corrected chi connectivity index (χ3v) is 2.65. The second kappa shape index (κ2) is 6.33. The largest absolute Gasteiger partial charge is 0.390 e. The average molecular weight is 228 g/mol. The Balaban J connectivity index is 4.03. The average Bonchev–Trinajstić information content (AvgIpc) is 2.14. The van der Waals surface area contributed by atoms with E-state index in [1.54, 1.807) is 0 Å². The van der Waals surface area contributed by atoms with E-state index in [1.165, 1.54) is 0 Å². The van der Waals surface area contributed by atoms with Crippen LogP contribution in [0, 0.1) is 5.92 Å². The highest BCUT2D eigenvalue weighted by Crippen LogP contribution is 2.25. The minimum absolute atomic E-state index is 0.131. The number of alkyl halides is 3. The van der Waals surface area contributed by atoms with Gasteiger partial charge < -0.3 is 10.2 Å². The van der Waals surface area contributed by atoms with E-state index in [9.17, 15) is 23.4 Å². The van der Waals surface area contributed by atoms with Crippen molar-refractivity contribution in [2.24, 2.45) is 5.92 Å². The number of hydrogen-bond donors (Lipinski definition) is 2. The normalized spacial score (nSPS) is 16.8. The van der Waals surface area contributed by atoms with Gasteiger partial charge in [0.15, 0.2) is 0 Å². The first-order valence-corrected chi connectivity index (χ1v) is 5.24. The molecule has 0 fully saturated rings. The summed E-state index contributed by atoms with van der Waals surface area (Å²) in [7, 11) is 0. The zero-order valence-corrected chi connectivity index (χ0v) is 9.09. The first-order chi connectivity index (χ1) is 6.81. The summed E-state index contributed by atoms with van der Waals surface area (Å²) >= 11 is 0. The SMILES string of the molecule is CCC(CC)C(O)C(O)CCC(F)(F)F. The summed E-state index contributed by atoms with van der Waals surface area (Å²) in [6.07, 6.45) is -6.78. The van der Waals surface area contributed by atoms with Gasteiger partial charge in [-0.25, -0.2) is 0 Å². The topological polar surface area (TPSA) is 40.5 Å². The quantitative estimate of drug-likeness (QED) is 0.733. The molecule has 0 radical (unpaired) electrons. The van der Waals surface area contributed by atoms with E-state index in [0.717, 1.165) is 0 Å². The minimum Gasteiger partial charge on any atom is -0.390 e. The van der Waals surface area contributed by atoms with Crippen LogP contribution in [0.2, 0.25) is 0 Å². The highest BCUT2D eigenvalue weighted by atomic mass is 19.4. The Kier molecular flexibility index (Phi) is 6.20. The molecular formula is C10H19F3O2. The van der Waals surface area contributed by atoms with E-state index >= 15 is 0 Å². The van der Waals surface area contributed by atoms with Crippen molar-refractivity contribution in [3.05, 3.63) is 0 Å². The Labute approximate surface area is 88.1 Å². The first kappa shape index (κ1) is 14.7. The predicted molar refractivity (Wildman–Crippen MR) is 51.4 cm³/mol. The molecule has 0 aliphatic heterocycles. The molecule has 0 rings (SSSR count). The van der Waals surface area contributed by atoms with E-state index in [0.29, 0.717) is 12.8 Å². The number of aliphatic hydroxyl groups is 2. The van der Waals surface area contributed by atoms with Gasteiger partial charge in [0.1, 0.15) is 0 Å². The van der Waals surface area contributed by atoms with Crippen molar-refractivity contribution in [2.45, 2.75) is 57.9 Å². The lowest BCUT2D eigenvalue weighted by atomic mass is 9.91. The molecule has 0 aliphatic carbocycles. The van der Waals surface area contributed by atoms with Gasteiger partial charge in [0, 0.05) is 6.42 Å². The molecule has 2 N–H and O–H groups in total. The Hall–Kier alpha value is -0.290. The maximum absolute atomic E-state index is 11.9. The highest BCUT2D eigenvalue weighted by Gasteiger charge is 2.31. The Morgan fingerprint density at radius 2 is 1.53 bits per heavy atom. The first-order valence-electron chi connectivity index (χ1n) is 5.24. The summed E-state index contributed by atoms with van der Waals surface area (Å²) in [6, 6.07) is 0. The van der Waals surface area contributed by atoms with E-state index in [2.05, 4.69) is 0 Å². The van der Waals surface area contributed by atoms with Crippen molar-refractivity contribution in [1.82, 2.24) is 0 Å². The number of rotatable bonds is 6. The molecule has 0 spiro atoms. The predicted octanol–water partition coefficient (Wildman–Crippen LogP) is 2.49. The zero-order chi connectivity index (χ0) is 12.1. The van der Waals surface area contributed by atoms with Crippen LogP contribution >= 0.6 is 0 Å². The van der Waals surface area contributed by atoms with Crippen LogP contribution in [-0.4, -0.2) is 28.6 Å². The summed E-state index contributed by atoms with van der Waals surface area (Å²) in [5, 5.41) is 18.9. The van der Waals surface area contributed by atoms with Gasteiger partial charge in [-0.05, 0) is 12.3 Å². The van der Waals surface area contributed by atoms with Gasteiger partial charge in [-0.15, -0.1) is 0 Å². The molecule has 0 saturated heterocycles. The van der Waals surface area contributed by atoms with Gasteiger partial charge in [-0.3, -0.25) is 0 Å². The van der Waals surface area contributed by atoms with Crippen molar-refractivity contribution in [3.8, 4) is 0 Å². The fraction of sp³-hybridized carbons (Fsp3) is 1.00. The second-order valence-electron chi connectivity index (χ2n) is 3.79. The highest BCUT2D eigenvalue weighted by molar-refractivity contribution is 4.75. The maximum atomic E-state index is 11.9. The fourth-order valence-electron chi connectivity index (χ4n) is 1.57. The molecule has 2 nitrogen and oxygen atoms in total. The lowest BCUT2D eigenvalue weighted by Crippen LogP contribution is -2.33. The monoisotopic (exact) mass is 228 g/mol. The standard InChI is InChI=1S/C10H19F3O2/c1-3-7(4-2)9(15)8(14)5-6-10(11,12)13/h7-9,14-15H,3-6H2,1-2H3. The number of halogens is 3. The van der Waals surface area contributed by atoms with Crippen molar-refractivity contribution >= 4 is 0 Å². The smallest absolute Gasteiger partial charge is 0.389 e. The van der Waals surface area contributed by atoms with Gasteiger partial charge in [-0.2, -0.15) is 13.2 Å². The zero-order valence-electron chi connectivity index (χ0n) is 9.09. The van der Waals surface area contributed by atoms with E-state index in [4.69, 9.17) is 0 Å². The van der Waals surface area contributed by atoms with Crippen LogP contribution in [0.25, 0.3) is 0 Å². The molecule has 0 aromatic rings. The van der Waals surface area contributed by atoms with Gasteiger partial charge in [0.25, 0.3) is 0 Å². The maximum Gasteiger partial charge on any atom is 0.389 e. The van der Waals surface area contributed by atoms with Crippen LogP contribution in [0.3, 0.4) is 0 Å². The third kappa shape index (κ3) is 5.99. The summed E-state index contributed by atoms with van der Waals surface area (Å²) < 4.78 is 35.6. The van der Waals surface area contributed by atoms with Gasteiger partial charge >= 0.3 is 6.18 Å². The summed E-state index contributed by atoms with van der Waals surface area (Å²) in [4.78, 5) is 0. The Bertz CT molecular complexity index is 167. The van der Waals surface area contributed by atoms with Gasteiger partial charge in [0.2, 0.25) is 0 Å². The molecule has 0 aromatic carbocycles. The van der Waals surface area contributed by atoms with Gasteiger partial charge in [-0.1, -0.05) is 26.7 Å². The van der Waals surface area contributed by atoms with Crippen LogP contribution in [0.15, 0.2) is 0 Å². The van der Waals surface area contributed by atoms with Crippen molar-refractivity contribution in [3.63, 3.8) is 0 Å². The van der Waals surface area contributed by atoms with Crippen LogP contribution in [0.1, 0.15) is 39.5 Å². The van der Waals surface area contributed by atoms with Crippen molar-refractivity contribution in [1.29, 1.82) is 0 Å². The fourth-order valence-corrected chi connectivity index (χ4v) is 1.57. The van der Waals surface area contributed by atoms with E-state index in [-0.39, 0.29) is 5.92 Å². The molecule has 2 atom stereocenters. The molecule has 92 valence electrons. The Morgan fingerprint density at radius 3 is 1.87 bits per heavy atom. The third-order valence-electron chi connectivity index (χ3n) is 2.65. The van der Waals surface area contributed by atoms with E-state index in [1.807, 2.05) is 13.8 Å². The lowest BCUT2D eigenvalue weighted by molar-refractivity contribution is -0.145.